The topological polar surface area (TPSA) is 9.23 Å². The molecule has 0 spiro atoms. The largest absolute Gasteiger partial charge is 0.490 e. The van der Waals surface area contributed by atoms with E-state index in [2.05, 4.69) is 13.8 Å². The summed E-state index contributed by atoms with van der Waals surface area (Å²) in [5.41, 5.74) is 0. The molecule has 0 radical (unpaired) electrons. The van der Waals surface area contributed by atoms with Crippen molar-refractivity contribution in [1.29, 1.82) is 0 Å². The Labute approximate surface area is 95.0 Å². The van der Waals surface area contributed by atoms with Crippen molar-refractivity contribution in [2.24, 2.45) is 5.92 Å². The van der Waals surface area contributed by atoms with Gasteiger partial charge in [-0.25, -0.2) is 4.39 Å². The quantitative estimate of drug-likeness (QED) is 0.688. The van der Waals surface area contributed by atoms with E-state index in [0.29, 0.717) is 18.3 Å². The average Bonchev–Trinajstić information content (AvgIpc) is 2.20. The lowest BCUT2D eigenvalue weighted by Gasteiger charge is -2.07. The summed E-state index contributed by atoms with van der Waals surface area (Å²) in [5, 5.41) is 0. The predicted molar refractivity (Wildman–Crippen MR) is 64.1 cm³/mol. The SMILES string of the molecule is CC(C)CSCCOc1ccccc1F. The summed E-state index contributed by atoms with van der Waals surface area (Å²) in [6.45, 7) is 4.94. The van der Waals surface area contributed by atoms with E-state index in [1.54, 1.807) is 18.2 Å². The molecule has 0 aliphatic rings. The average molecular weight is 228 g/mol. The highest BCUT2D eigenvalue weighted by atomic mass is 32.2. The minimum absolute atomic E-state index is 0.286. The van der Waals surface area contributed by atoms with Crippen LogP contribution in [-0.4, -0.2) is 18.1 Å². The van der Waals surface area contributed by atoms with E-state index in [1.807, 2.05) is 11.8 Å². The Bertz CT molecular complexity index is 289. The smallest absolute Gasteiger partial charge is 0.165 e. The van der Waals surface area contributed by atoms with Crippen molar-refractivity contribution in [2.75, 3.05) is 18.1 Å². The van der Waals surface area contributed by atoms with E-state index in [-0.39, 0.29) is 5.82 Å². The van der Waals surface area contributed by atoms with Crippen molar-refractivity contribution < 1.29 is 9.13 Å². The molecule has 0 aromatic heterocycles. The maximum Gasteiger partial charge on any atom is 0.165 e. The van der Waals surface area contributed by atoms with E-state index < -0.39 is 0 Å². The fourth-order valence-electron chi connectivity index (χ4n) is 1.09. The minimum atomic E-state index is -0.286. The predicted octanol–water partition coefficient (Wildman–Crippen LogP) is 3.59. The van der Waals surface area contributed by atoms with Crippen molar-refractivity contribution in [3.05, 3.63) is 30.1 Å². The van der Waals surface area contributed by atoms with Gasteiger partial charge in [0.2, 0.25) is 0 Å². The Balaban J connectivity index is 2.18. The first-order valence-corrected chi connectivity index (χ1v) is 6.30. The molecule has 0 saturated carbocycles. The van der Waals surface area contributed by atoms with Gasteiger partial charge in [-0.1, -0.05) is 26.0 Å². The zero-order valence-electron chi connectivity index (χ0n) is 9.20. The van der Waals surface area contributed by atoms with Crippen LogP contribution in [0.25, 0.3) is 0 Å². The molecule has 3 heteroatoms. The molecule has 0 bridgehead atoms. The van der Waals surface area contributed by atoms with E-state index in [1.165, 1.54) is 6.07 Å². The van der Waals surface area contributed by atoms with E-state index in [4.69, 9.17) is 4.74 Å². The van der Waals surface area contributed by atoms with Crippen LogP contribution in [0.15, 0.2) is 24.3 Å². The van der Waals surface area contributed by atoms with Gasteiger partial charge in [-0.3, -0.25) is 0 Å². The third-order valence-corrected chi connectivity index (χ3v) is 3.13. The second-order valence-corrected chi connectivity index (χ2v) is 4.90. The van der Waals surface area contributed by atoms with Gasteiger partial charge in [0.25, 0.3) is 0 Å². The maximum atomic E-state index is 13.1. The Morgan fingerprint density at radius 2 is 2.07 bits per heavy atom. The van der Waals surface area contributed by atoms with Crippen LogP contribution in [0.3, 0.4) is 0 Å². The molecular formula is C12H17FOS. The summed E-state index contributed by atoms with van der Waals surface area (Å²) in [6, 6.07) is 6.51. The van der Waals surface area contributed by atoms with Gasteiger partial charge in [0.05, 0.1) is 6.61 Å². The van der Waals surface area contributed by atoms with Crippen LogP contribution in [0.4, 0.5) is 4.39 Å². The zero-order valence-corrected chi connectivity index (χ0v) is 10.0. The van der Waals surface area contributed by atoms with Crippen molar-refractivity contribution in [3.8, 4) is 5.75 Å². The molecule has 0 aliphatic carbocycles. The molecule has 1 rings (SSSR count). The standard InChI is InChI=1S/C12H17FOS/c1-10(2)9-15-8-7-14-12-6-4-3-5-11(12)13/h3-6,10H,7-9H2,1-2H3. The summed E-state index contributed by atoms with van der Waals surface area (Å²) in [4.78, 5) is 0. The fraction of sp³-hybridized carbons (Fsp3) is 0.500. The van der Waals surface area contributed by atoms with Gasteiger partial charge in [0.15, 0.2) is 11.6 Å². The summed E-state index contributed by atoms with van der Waals surface area (Å²) in [7, 11) is 0. The van der Waals surface area contributed by atoms with E-state index >= 15 is 0 Å². The van der Waals surface area contributed by atoms with Gasteiger partial charge in [-0.05, 0) is 23.8 Å². The van der Waals surface area contributed by atoms with Crippen LogP contribution in [0.2, 0.25) is 0 Å². The van der Waals surface area contributed by atoms with Gasteiger partial charge in [-0.2, -0.15) is 11.8 Å². The fourth-order valence-corrected chi connectivity index (χ4v) is 1.93. The van der Waals surface area contributed by atoms with Crippen LogP contribution in [0.5, 0.6) is 5.75 Å². The van der Waals surface area contributed by atoms with Gasteiger partial charge >= 0.3 is 0 Å². The first-order valence-electron chi connectivity index (χ1n) is 5.15. The highest BCUT2D eigenvalue weighted by Gasteiger charge is 2.00. The van der Waals surface area contributed by atoms with Crippen molar-refractivity contribution in [1.82, 2.24) is 0 Å². The molecule has 1 aromatic rings. The number of ether oxygens (including phenoxy) is 1. The molecule has 15 heavy (non-hydrogen) atoms. The number of thioether (sulfide) groups is 1. The van der Waals surface area contributed by atoms with Gasteiger partial charge < -0.3 is 4.74 Å². The van der Waals surface area contributed by atoms with Crippen LogP contribution in [-0.2, 0) is 0 Å². The first kappa shape index (κ1) is 12.4. The molecule has 84 valence electrons. The molecule has 0 amide bonds. The molecule has 0 atom stereocenters. The van der Waals surface area contributed by atoms with Crippen molar-refractivity contribution in [2.45, 2.75) is 13.8 Å². The summed E-state index contributed by atoms with van der Waals surface area (Å²) < 4.78 is 18.4. The summed E-state index contributed by atoms with van der Waals surface area (Å²) in [6.07, 6.45) is 0. The van der Waals surface area contributed by atoms with E-state index in [0.717, 1.165) is 11.5 Å². The Morgan fingerprint density at radius 1 is 1.33 bits per heavy atom. The molecule has 0 unspecified atom stereocenters. The van der Waals surface area contributed by atoms with Crippen molar-refractivity contribution >= 4 is 11.8 Å². The van der Waals surface area contributed by atoms with Gasteiger partial charge in [0.1, 0.15) is 0 Å². The number of halogens is 1. The Morgan fingerprint density at radius 3 is 2.73 bits per heavy atom. The second kappa shape index (κ2) is 6.72. The monoisotopic (exact) mass is 228 g/mol. The number of hydrogen-bond donors (Lipinski definition) is 0. The lowest BCUT2D eigenvalue weighted by molar-refractivity contribution is 0.325. The first-order chi connectivity index (χ1) is 7.20. The normalized spacial score (nSPS) is 10.7. The van der Waals surface area contributed by atoms with Crippen molar-refractivity contribution in [3.63, 3.8) is 0 Å². The van der Waals surface area contributed by atoms with Crippen LogP contribution < -0.4 is 4.74 Å². The number of hydrogen-bond acceptors (Lipinski definition) is 2. The second-order valence-electron chi connectivity index (χ2n) is 3.75. The van der Waals surface area contributed by atoms with Gasteiger partial charge in [0, 0.05) is 5.75 Å². The minimum Gasteiger partial charge on any atom is -0.490 e. The van der Waals surface area contributed by atoms with Crippen LogP contribution in [0, 0.1) is 11.7 Å². The number of rotatable bonds is 6. The molecule has 0 fully saturated rings. The molecular weight excluding hydrogens is 211 g/mol. The maximum absolute atomic E-state index is 13.1. The summed E-state index contributed by atoms with van der Waals surface area (Å²) in [5.74, 6) is 2.80. The third kappa shape index (κ3) is 5.07. The summed E-state index contributed by atoms with van der Waals surface area (Å²) >= 11 is 1.84. The van der Waals surface area contributed by atoms with Gasteiger partial charge in [-0.15, -0.1) is 0 Å². The molecule has 0 N–H and O–H groups in total. The van der Waals surface area contributed by atoms with E-state index in [9.17, 15) is 4.39 Å². The van der Waals surface area contributed by atoms with Crippen LogP contribution in [0.1, 0.15) is 13.8 Å². The Hall–Kier alpha value is -0.700. The lowest BCUT2D eigenvalue weighted by atomic mass is 10.3. The highest BCUT2D eigenvalue weighted by molar-refractivity contribution is 7.99. The number of para-hydroxylation sites is 1. The molecule has 1 aromatic carbocycles. The molecule has 1 nitrogen and oxygen atoms in total. The number of benzene rings is 1. The Kier molecular flexibility index (Phi) is 5.54. The third-order valence-electron chi connectivity index (χ3n) is 1.77. The molecule has 0 saturated heterocycles. The highest BCUT2D eigenvalue weighted by Crippen LogP contribution is 2.16. The molecule has 0 heterocycles. The lowest BCUT2D eigenvalue weighted by Crippen LogP contribution is -2.03. The molecule has 0 aliphatic heterocycles. The van der Waals surface area contributed by atoms with Crippen LogP contribution >= 0.6 is 11.8 Å². The zero-order chi connectivity index (χ0) is 11.1.